The van der Waals surface area contributed by atoms with Crippen molar-refractivity contribution in [2.45, 2.75) is 12.0 Å². The minimum absolute atomic E-state index is 0.204. The maximum atomic E-state index is 14.7. The maximum absolute atomic E-state index is 14.7. The third kappa shape index (κ3) is 4.63. The van der Waals surface area contributed by atoms with Crippen molar-refractivity contribution in [1.82, 2.24) is 10.2 Å². The summed E-state index contributed by atoms with van der Waals surface area (Å²) in [6, 6.07) is 25.2. The Morgan fingerprint density at radius 2 is 1.53 bits per heavy atom. The van der Waals surface area contributed by atoms with Gasteiger partial charge in [0.25, 0.3) is 5.56 Å². The highest BCUT2D eigenvalue weighted by Gasteiger charge is 2.28. The van der Waals surface area contributed by atoms with Crippen LogP contribution in [0.5, 0.6) is 0 Å². The zero-order valence-electron chi connectivity index (χ0n) is 17.0. The molecule has 7 heteroatoms. The second-order valence-corrected chi connectivity index (χ2v) is 7.32. The van der Waals surface area contributed by atoms with Gasteiger partial charge in [-0.25, -0.2) is 9.49 Å². The van der Waals surface area contributed by atoms with Crippen molar-refractivity contribution in [2.24, 2.45) is 5.73 Å². The van der Waals surface area contributed by atoms with E-state index in [4.69, 9.17) is 5.73 Å². The van der Waals surface area contributed by atoms with E-state index < -0.39 is 17.8 Å². The predicted molar refractivity (Wildman–Crippen MR) is 122 cm³/mol. The van der Waals surface area contributed by atoms with Crippen LogP contribution in [-0.4, -0.2) is 22.1 Å². The summed E-state index contributed by atoms with van der Waals surface area (Å²) in [5, 5.41) is 8.81. The first-order chi connectivity index (χ1) is 15.5. The molecule has 4 rings (SSSR count). The monoisotopic (exact) mass is 428 g/mol. The van der Waals surface area contributed by atoms with Gasteiger partial charge in [-0.15, -0.1) is 0 Å². The third-order valence-electron chi connectivity index (χ3n) is 5.17. The molecule has 0 radical (unpaired) electrons. The normalized spacial score (nSPS) is 11.8. The number of hydrogen-bond acceptors (Lipinski definition) is 4. The molecule has 4 aromatic rings. The van der Waals surface area contributed by atoms with Gasteiger partial charge < -0.3 is 11.1 Å². The zero-order chi connectivity index (χ0) is 22.5. The van der Waals surface area contributed by atoms with E-state index >= 15 is 0 Å². The third-order valence-corrected chi connectivity index (χ3v) is 5.17. The number of carbonyl (C=O) groups is 1. The molecule has 4 N–H and O–H groups in total. The van der Waals surface area contributed by atoms with Gasteiger partial charge in [-0.3, -0.25) is 9.59 Å². The van der Waals surface area contributed by atoms with Gasteiger partial charge in [0.05, 0.1) is 11.7 Å². The Kier molecular flexibility index (Phi) is 6.19. The summed E-state index contributed by atoms with van der Waals surface area (Å²) in [7, 11) is 0. The molecule has 1 amide bonds. The lowest BCUT2D eigenvalue weighted by Crippen LogP contribution is -2.41. The van der Waals surface area contributed by atoms with E-state index in [0.29, 0.717) is 0 Å². The number of H-pyrrole nitrogens is 1. The number of aromatic amines is 1. The first kappa shape index (κ1) is 21.1. The molecule has 1 atom stereocenters. The number of nitrogens with one attached hydrogen (secondary N) is 2. The quantitative estimate of drug-likeness (QED) is 0.436. The second kappa shape index (κ2) is 9.36. The van der Waals surface area contributed by atoms with Gasteiger partial charge in [0, 0.05) is 23.2 Å². The highest BCUT2D eigenvalue weighted by Crippen LogP contribution is 2.28. The Morgan fingerprint density at radius 1 is 0.906 bits per heavy atom. The number of aromatic nitrogens is 2. The molecule has 0 aliphatic carbocycles. The SMILES string of the molecule is N[C@H](C(=O)Nc1ccc(-c2ccc(=O)[nH]n2)c(F)c1)C(c1ccccc1)c1ccccc1. The van der Waals surface area contributed by atoms with Crippen LogP contribution in [0.1, 0.15) is 17.0 Å². The van der Waals surface area contributed by atoms with Gasteiger partial charge in [-0.05, 0) is 35.4 Å². The lowest BCUT2D eigenvalue weighted by molar-refractivity contribution is -0.117. The van der Waals surface area contributed by atoms with E-state index in [2.05, 4.69) is 15.5 Å². The molecule has 0 unspecified atom stereocenters. The maximum Gasteiger partial charge on any atom is 0.264 e. The van der Waals surface area contributed by atoms with Crippen LogP contribution in [0.25, 0.3) is 11.3 Å². The molecular weight excluding hydrogens is 407 g/mol. The van der Waals surface area contributed by atoms with Gasteiger partial charge in [-0.2, -0.15) is 5.10 Å². The minimum atomic E-state index is -0.900. The number of carbonyl (C=O) groups excluding carboxylic acids is 1. The Bertz CT molecular complexity index is 1220. The first-order valence-corrected chi connectivity index (χ1v) is 10.0. The molecule has 160 valence electrons. The van der Waals surface area contributed by atoms with E-state index in [-0.39, 0.29) is 28.4 Å². The second-order valence-electron chi connectivity index (χ2n) is 7.32. The van der Waals surface area contributed by atoms with E-state index in [1.807, 2.05) is 60.7 Å². The molecule has 1 aromatic heterocycles. The molecule has 3 aromatic carbocycles. The highest BCUT2D eigenvalue weighted by atomic mass is 19.1. The highest BCUT2D eigenvalue weighted by molar-refractivity contribution is 5.96. The van der Waals surface area contributed by atoms with Crippen molar-refractivity contribution in [3.8, 4) is 11.3 Å². The van der Waals surface area contributed by atoms with Crippen molar-refractivity contribution >= 4 is 11.6 Å². The molecule has 0 spiro atoms. The molecular formula is C25H21FN4O2. The van der Waals surface area contributed by atoms with Crippen LogP contribution in [0.3, 0.4) is 0 Å². The number of nitrogens with two attached hydrogens (primary N) is 1. The Labute approximate surface area is 183 Å². The fourth-order valence-corrected chi connectivity index (χ4v) is 3.60. The smallest absolute Gasteiger partial charge is 0.264 e. The zero-order valence-corrected chi connectivity index (χ0v) is 17.0. The molecule has 0 saturated carbocycles. The van der Waals surface area contributed by atoms with Gasteiger partial charge in [0.2, 0.25) is 5.91 Å². The van der Waals surface area contributed by atoms with E-state index in [0.717, 1.165) is 11.1 Å². The molecule has 1 heterocycles. The fourth-order valence-electron chi connectivity index (χ4n) is 3.60. The van der Waals surface area contributed by atoms with Crippen LogP contribution in [0, 0.1) is 5.82 Å². The van der Waals surface area contributed by atoms with Crippen LogP contribution in [0.4, 0.5) is 10.1 Å². The summed E-state index contributed by atoms with van der Waals surface area (Å²) in [5.74, 6) is -1.39. The first-order valence-electron chi connectivity index (χ1n) is 10.0. The van der Waals surface area contributed by atoms with E-state index in [9.17, 15) is 14.0 Å². The van der Waals surface area contributed by atoms with Gasteiger partial charge in [0.15, 0.2) is 0 Å². The molecule has 32 heavy (non-hydrogen) atoms. The van der Waals surface area contributed by atoms with Crippen molar-refractivity contribution in [3.63, 3.8) is 0 Å². The summed E-state index contributed by atoms with van der Waals surface area (Å²) >= 11 is 0. The molecule has 6 nitrogen and oxygen atoms in total. The summed E-state index contributed by atoms with van der Waals surface area (Å²) in [6.07, 6.45) is 0. The number of anilines is 1. The van der Waals surface area contributed by atoms with Crippen molar-refractivity contribution < 1.29 is 9.18 Å². The number of amides is 1. The Hall–Kier alpha value is -4.10. The summed E-state index contributed by atoms with van der Waals surface area (Å²) in [4.78, 5) is 24.2. The van der Waals surface area contributed by atoms with Crippen LogP contribution in [-0.2, 0) is 4.79 Å². The molecule has 0 aliphatic heterocycles. The van der Waals surface area contributed by atoms with Gasteiger partial charge in [0.1, 0.15) is 5.82 Å². The number of benzene rings is 3. The van der Waals surface area contributed by atoms with Crippen LogP contribution < -0.4 is 16.6 Å². The lowest BCUT2D eigenvalue weighted by Gasteiger charge is -2.24. The minimum Gasteiger partial charge on any atom is -0.325 e. The topological polar surface area (TPSA) is 101 Å². The molecule has 0 fully saturated rings. The largest absolute Gasteiger partial charge is 0.325 e. The number of halogens is 1. The van der Waals surface area contributed by atoms with Crippen molar-refractivity contribution in [1.29, 1.82) is 0 Å². The predicted octanol–water partition coefficient (Wildman–Crippen LogP) is 3.67. The summed E-state index contributed by atoms with van der Waals surface area (Å²) < 4.78 is 14.7. The average Bonchev–Trinajstić information content (AvgIpc) is 2.81. The number of nitrogens with zero attached hydrogens (tertiary/aromatic N) is 1. The van der Waals surface area contributed by atoms with Gasteiger partial charge >= 0.3 is 0 Å². The van der Waals surface area contributed by atoms with Crippen molar-refractivity contribution in [3.05, 3.63) is 118 Å². The van der Waals surface area contributed by atoms with Crippen LogP contribution in [0.2, 0.25) is 0 Å². The standard InChI is InChI=1S/C25H21FN4O2/c26-20-15-18(11-12-19(20)21-13-14-22(31)30-29-21)28-25(32)24(27)23(16-7-3-1-4-8-16)17-9-5-2-6-10-17/h1-15,23-24H,27H2,(H,28,32)(H,30,31)/t24-/m0/s1. The number of hydrogen-bond donors (Lipinski definition) is 3. The molecule has 0 aliphatic rings. The van der Waals surface area contributed by atoms with Crippen LogP contribution >= 0.6 is 0 Å². The Balaban J connectivity index is 1.57. The fraction of sp³-hybridized carbons (Fsp3) is 0.0800. The van der Waals surface area contributed by atoms with E-state index in [1.54, 1.807) is 6.07 Å². The summed E-state index contributed by atoms with van der Waals surface area (Å²) in [6.45, 7) is 0. The summed E-state index contributed by atoms with van der Waals surface area (Å²) in [5.41, 5.74) is 8.60. The van der Waals surface area contributed by atoms with Crippen molar-refractivity contribution in [2.75, 3.05) is 5.32 Å². The Morgan fingerprint density at radius 3 is 2.06 bits per heavy atom. The lowest BCUT2D eigenvalue weighted by atomic mass is 9.85. The van der Waals surface area contributed by atoms with Crippen LogP contribution in [0.15, 0.2) is 95.8 Å². The number of rotatable bonds is 6. The van der Waals surface area contributed by atoms with Gasteiger partial charge in [-0.1, -0.05) is 60.7 Å². The average molecular weight is 428 g/mol. The molecule has 0 saturated heterocycles. The molecule has 0 bridgehead atoms. The van der Waals surface area contributed by atoms with E-state index in [1.165, 1.54) is 24.3 Å².